The highest BCUT2D eigenvalue weighted by molar-refractivity contribution is 6.16. The second-order valence-electron chi connectivity index (χ2n) is 8.98. The van der Waals surface area contributed by atoms with Crippen LogP contribution in [0.5, 0.6) is 0 Å². The molecule has 1 saturated carbocycles. The van der Waals surface area contributed by atoms with Gasteiger partial charge in [0.1, 0.15) is 6.04 Å². The zero-order valence-corrected chi connectivity index (χ0v) is 17.9. The minimum absolute atomic E-state index is 0.0277. The van der Waals surface area contributed by atoms with E-state index < -0.39 is 0 Å². The van der Waals surface area contributed by atoms with Crippen molar-refractivity contribution in [2.75, 3.05) is 0 Å². The van der Waals surface area contributed by atoms with Crippen molar-refractivity contribution in [1.29, 1.82) is 0 Å². The van der Waals surface area contributed by atoms with Crippen LogP contribution in [0.25, 0.3) is 5.57 Å². The van der Waals surface area contributed by atoms with Crippen molar-refractivity contribution in [2.24, 2.45) is 15.7 Å². The van der Waals surface area contributed by atoms with Crippen LogP contribution in [0.15, 0.2) is 101 Å². The highest BCUT2D eigenvalue weighted by atomic mass is 15.4. The third-order valence-corrected chi connectivity index (χ3v) is 7.00. The Bertz CT molecular complexity index is 1210. The van der Waals surface area contributed by atoms with Crippen molar-refractivity contribution >= 4 is 17.7 Å². The minimum Gasteiger partial charge on any atom is -0.321 e. The highest BCUT2D eigenvalue weighted by Crippen LogP contribution is 2.45. The molecule has 4 nitrogen and oxygen atoms in total. The summed E-state index contributed by atoms with van der Waals surface area (Å²) in [5.41, 5.74) is 12.3. The molecule has 3 aromatic carbocycles. The number of rotatable bonds is 4. The third kappa shape index (κ3) is 3.19. The largest absolute Gasteiger partial charge is 0.321 e. The van der Waals surface area contributed by atoms with Crippen molar-refractivity contribution in [3.05, 3.63) is 113 Å². The van der Waals surface area contributed by atoms with Gasteiger partial charge in [0.15, 0.2) is 0 Å². The van der Waals surface area contributed by atoms with Gasteiger partial charge in [-0.2, -0.15) is 0 Å². The van der Waals surface area contributed by atoms with Crippen LogP contribution in [0, 0.1) is 0 Å². The van der Waals surface area contributed by atoms with Crippen LogP contribution in [-0.4, -0.2) is 17.1 Å². The summed E-state index contributed by atoms with van der Waals surface area (Å²) >= 11 is 0. The van der Waals surface area contributed by atoms with Gasteiger partial charge in [0.05, 0.1) is 6.04 Å². The summed E-state index contributed by atoms with van der Waals surface area (Å²) < 4.78 is 0. The Morgan fingerprint density at radius 1 is 0.812 bits per heavy atom. The maximum absolute atomic E-state index is 6.55. The van der Waals surface area contributed by atoms with Crippen LogP contribution in [0.2, 0.25) is 0 Å². The van der Waals surface area contributed by atoms with E-state index in [1.165, 1.54) is 23.1 Å². The third-order valence-electron chi connectivity index (χ3n) is 7.00. The van der Waals surface area contributed by atoms with Crippen molar-refractivity contribution in [2.45, 2.75) is 36.9 Å². The second kappa shape index (κ2) is 7.57. The molecule has 0 radical (unpaired) electrons. The summed E-state index contributed by atoms with van der Waals surface area (Å²) in [6.07, 6.45) is 7.47. The predicted octanol–water partition coefficient (Wildman–Crippen LogP) is 5.60. The lowest BCUT2D eigenvalue weighted by Gasteiger charge is -2.38. The first-order valence-corrected chi connectivity index (χ1v) is 11.3. The molecule has 4 heteroatoms. The molecule has 0 amide bonds. The fraction of sp³-hybridized carbons (Fsp3) is 0.214. The van der Waals surface area contributed by atoms with Crippen molar-refractivity contribution < 1.29 is 0 Å². The summed E-state index contributed by atoms with van der Waals surface area (Å²) in [6, 6.07) is 29.8. The smallest absolute Gasteiger partial charge is 0.226 e. The summed E-state index contributed by atoms with van der Waals surface area (Å²) in [5.74, 6) is 0.766. The van der Waals surface area contributed by atoms with E-state index in [2.05, 4.69) is 90.0 Å². The number of aliphatic imine (C=N–C) groups is 2. The molecule has 2 atom stereocenters. The molecule has 158 valence electrons. The number of allylic oxidation sites excluding steroid dienone is 1. The van der Waals surface area contributed by atoms with Gasteiger partial charge in [-0.3, -0.25) is 0 Å². The van der Waals surface area contributed by atoms with Gasteiger partial charge in [0.2, 0.25) is 5.96 Å². The van der Waals surface area contributed by atoms with E-state index in [-0.39, 0.29) is 17.6 Å². The van der Waals surface area contributed by atoms with Gasteiger partial charge in [0.25, 0.3) is 0 Å². The molecule has 0 aromatic heterocycles. The highest BCUT2D eigenvalue weighted by Gasteiger charge is 2.39. The summed E-state index contributed by atoms with van der Waals surface area (Å²) in [7, 11) is 0. The van der Waals surface area contributed by atoms with Crippen LogP contribution in [0.1, 0.15) is 53.6 Å². The Morgan fingerprint density at radius 3 is 2.16 bits per heavy atom. The first kappa shape index (κ1) is 19.2. The van der Waals surface area contributed by atoms with Gasteiger partial charge in [-0.05, 0) is 41.5 Å². The molecule has 0 saturated heterocycles. The first-order chi connectivity index (χ1) is 15.7. The average Bonchev–Trinajstić information content (AvgIpc) is 3.22. The van der Waals surface area contributed by atoms with E-state index in [0.717, 1.165) is 29.9 Å². The molecule has 0 spiro atoms. The van der Waals surface area contributed by atoms with E-state index in [4.69, 9.17) is 15.7 Å². The Balaban J connectivity index is 1.39. The van der Waals surface area contributed by atoms with E-state index >= 15 is 0 Å². The van der Waals surface area contributed by atoms with Gasteiger partial charge in [-0.25, -0.2) is 9.98 Å². The maximum atomic E-state index is 6.55. The molecule has 2 N–H and O–H groups in total. The van der Waals surface area contributed by atoms with E-state index in [1.807, 2.05) is 12.3 Å². The van der Waals surface area contributed by atoms with Gasteiger partial charge < -0.3 is 10.6 Å². The van der Waals surface area contributed by atoms with Crippen molar-refractivity contribution in [3.8, 4) is 0 Å². The number of hydrogen-bond acceptors (Lipinski definition) is 4. The Labute approximate surface area is 188 Å². The molecule has 1 aliphatic carbocycles. The standard InChI is InChI=1S/C28H26N4/c29-28(16-7-17-28)24-14-12-21(13-15-24)25-26(22-10-5-2-6-11-22)32-19-23(18-30-27(32)31-25)20-8-3-1-4-9-20/h1-6,8-15,18-19,25-26H,7,16-17,29H2. The molecule has 6 rings (SSSR count). The quantitative estimate of drug-likeness (QED) is 0.599. The molecule has 2 heterocycles. The summed E-state index contributed by atoms with van der Waals surface area (Å²) in [5, 5.41) is 0. The van der Waals surface area contributed by atoms with Gasteiger partial charge in [-0.15, -0.1) is 0 Å². The van der Waals surface area contributed by atoms with E-state index in [0.29, 0.717) is 0 Å². The molecule has 2 aliphatic heterocycles. The van der Waals surface area contributed by atoms with Crippen LogP contribution < -0.4 is 5.73 Å². The van der Waals surface area contributed by atoms with Crippen LogP contribution in [-0.2, 0) is 5.54 Å². The fourth-order valence-electron chi connectivity index (χ4n) is 4.97. The molecular weight excluding hydrogens is 392 g/mol. The number of nitrogens with two attached hydrogens (primary N) is 1. The molecule has 3 aliphatic rings. The lowest BCUT2D eigenvalue weighted by atomic mass is 9.72. The minimum atomic E-state index is -0.145. The molecular formula is C28H26N4. The zero-order valence-electron chi connectivity index (χ0n) is 17.9. The molecule has 32 heavy (non-hydrogen) atoms. The second-order valence-corrected chi connectivity index (χ2v) is 8.98. The average molecular weight is 419 g/mol. The number of fused-ring (bicyclic) bond motifs is 1. The predicted molar refractivity (Wildman–Crippen MR) is 130 cm³/mol. The molecule has 1 fully saturated rings. The zero-order chi connectivity index (χ0) is 21.5. The first-order valence-electron chi connectivity index (χ1n) is 11.3. The molecule has 0 bridgehead atoms. The van der Waals surface area contributed by atoms with Crippen molar-refractivity contribution in [3.63, 3.8) is 0 Å². The fourth-order valence-corrected chi connectivity index (χ4v) is 4.97. The van der Waals surface area contributed by atoms with Crippen LogP contribution >= 0.6 is 0 Å². The van der Waals surface area contributed by atoms with Gasteiger partial charge in [-0.1, -0.05) is 84.9 Å². The maximum Gasteiger partial charge on any atom is 0.226 e. The number of hydrogen-bond donors (Lipinski definition) is 1. The normalized spacial score (nSPS) is 23.2. The van der Waals surface area contributed by atoms with Gasteiger partial charge >= 0.3 is 0 Å². The van der Waals surface area contributed by atoms with E-state index in [9.17, 15) is 0 Å². The Kier molecular flexibility index (Phi) is 4.54. The van der Waals surface area contributed by atoms with E-state index in [1.54, 1.807) is 0 Å². The van der Waals surface area contributed by atoms with Crippen LogP contribution in [0.3, 0.4) is 0 Å². The Morgan fingerprint density at radius 2 is 1.50 bits per heavy atom. The lowest BCUT2D eigenvalue weighted by molar-refractivity contribution is 0.253. The Hall–Kier alpha value is -3.50. The topological polar surface area (TPSA) is 54.0 Å². The number of guanidine groups is 1. The number of nitrogens with zero attached hydrogens (tertiary/aromatic N) is 3. The summed E-state index contributed by atoms with van der Waals surface area (Å²) in [4.78, 5) is 12.0. The SMILES string of the molecule is NC1(c2ccc(C3N=C4N=CC(c5ccccc5)=CN4C3c3ccccc3)cc2)CCC1. The molecule has 3 aromatic rings. The van der Waals surface area contributed by atoms with Crippen molar-refractivity contribution in [1.82, 2.24) is 4.90 Å². The lowest BCUT2D eigenvalue weighted by Crippen LogP contribution is -2.43. The van der Waals surface area contributed by atoms with Crippen LogP contribution in [0.4, 0.5) is 0 Å². The summed E-state index contributed by atoms with van der Waals surface area (Å²) in [6.45, 7) is 0. The number of benzene rings is 3. The van der Waals surface area contributed by atoms with Gasteiger partial charge in [0, 0.05) is 23.5 Å². The molecule has 2 unspecified atom stereocenters. The monoisotopic (exact) mass is 418 g/mol.